The Labute approximate surface area is 129 Å². The summed E-state index contributed by atoms with van der Waals surface area (Å²) in [6, 6.07) is 2.69. The van der Waals surface area contributed by atoms with Crippen molar-refractivity contribution in [2.75, 3.05) is 23.3 Å². The van der Waals surface area contributed by atoms with Crippen LogP contribution in [0.25, 0.3) is 0 Å². The molecule has 0 aliphatic carbocycles. The summed E-state index contributed by atoms with van der Waals surface area (Å²) in [5, 5.41) is 3.42. The maximum Gasteiger partial charge on any atom is 0.138 e. The first-order valence-electron chi connectivity index (χ1n) is 8.32. The first kappa shape index (κ1) is 16.1. The van der Waals surface area contributed by atoms with Crippen LogP contribution < -0.4 is 10.2 Å². The van der Waals surface area contributed by atoms with E-state index in [1.807, 2.05) is 0 Å². The average Bonchev–Trinajstić information content (AvgIpc) is 2.44. The van der Waals surface area contributed by atoms with Gasteiger partial charge in [-0.3, -0.25) is 0 Å². The fraction of sp³-hybridized carbons (Fsp3) is 0.765. The van der Waals surface area contributed by atoms with Crippen LogP contribution in [0.2, 0.25) is 0 Å². The van der Waals surface area contributed by atoms with Crippen molar-refractivity contribution in [3.8, 4) is 0 Å². The van der Waals surface area contributed by atoms with E-state index >= 15 is 0 Å². The molecule has 1 fully saturated rings. The van der Waals surface area contributed by atoms with Crippen molar-refractivity contribution in [3.05, 3.63) is 11.9 Å². The van der Waals surface area contributed by atoms with Gasteiger partial charge < -0.3 is 10.2 Å². The lowest BCUT2D eigenvalue weighted by Crippen LogP contribution is -2.38. The molecule has 1 aliphatic rings. The molecule has 118 valence electrons. The molecule has 0 amide bonds. The number of rotatable bonds is 4. The Hall–Kier alpha value is -1.32. The molecule has 1 atom stereocenters. The molecule has 0 radical (unpaired) electrons. The molecule has 2 heterocycles. The van der Waals surface area contributed by atoms with Crippen LogP contribution in [0.15, 0.2) is 6.07 Å². The van der Waals surface area contributed by atoms with Crippen molar-refractivity contribution in [1.29, 1.82) is 0 Å². The van der Waals surface area contributed by atoms with Crippen molar-refractivity contribution in [2.45, 2.75) is 71.8 Å². The van der Waals surface area contributed by atoms with Crippen molar-refractivity contribution in [3.63, 3.8) is 0 Å². The number of nitrogens with zero attached hydrogens (tertiary/aromatic N) is 3. The predicted octanol–water partition coefficient (Wildman–Crippen LogP) is 3.97. The molecule has 1 aromatic rings. The van der Waals surface area contributed by atoms with Gasteiger partial charge in [0.1, 0.15) is 17.5 Å². The Morgan fingerprint density at radius 2 is 2.05 bits per heavy atom. The number of nitrogens with one attached hydrogen (secondary N) is 1. The van der Waals surface area contributed by atoms with E-state index in [0.717, 1.165) is 37.0 Å². The lowest BCUT2D eigenvalue weighted by atomic mass is 9.95. The van der Waals surface area contributed by atoms with E-state index in [0.29, 0.717) is 6.04 Å². The Kier molecular flexibility index (Phi) is 5.07. The topological polar surface area (TPSA) is 41.0 Å². The minimum atomic E-state index is -0.0301. The molecule has 1 N–H and O–H groups in total. The van der Waals surface area contributed by atoms with E-state index in [9.17, 15) is 0 Å². The van der Waals surface area contributed by atoms with E-state index in [1.165, 1.54) is 19.3 Å². The highest BCUT2D eigenvalue weighted by molar-refractivity contribution is 5.51. The first-order chi connectivity index (χ1) is 9.91. The molecule has 0 spiro atoms. The van der Waals surface area contributed by atoms with Crippen molar-refractivity contribution in [2.24, 2.45) is 0 Å². The molecule has 21 heavy (non-hydrogen) atoms. The fourth-order valence-corrected chi connectivity index (χ4v) is 2.70. The van der Waals surface area contributed by atoms with Crippen molar-refractivity contribution in [1.82, 2.24) is 9.97 Å². The maximum absolute atomic E-state index is 4.86. The minimum absolute atomic E-state index is 0.0301. The van der Waals surface area contributed by atoms with Gasteiger partial charge in [-0.1, -0.05) is 27.7 Å². The van der Waals surface area contributed by atoms with Gasteiger partial charge in [-0.15, -0.1) is 0 Å². The molecule has 2 rings (SSSR count). The molecule has 1 aliphatic heterocycles. The summed E-state index contributed by atoms with van der Waals surface area (Å²) in [6.07, 6.45) is 4.95. The smallest absolute Gasteiger partial charge is 0.138 e. The quantitative estimate of drug-likeness (QED) is 0.911. The van der Waals surface area contributed by atoms with Gasteiger partial charge in [0.15, 0.2) is 0 Å². The highest BCUT2D eigenvalue weighted by Gasteiger charge is 2.24. The number of anilines is 2. The standard InChI is InChI=1S/C17H30N4/c1-6-10-18-14-12-15(20-16(19-14)17(3,4)5)21-11-8-7-9-13(21)2/h12-13H,6-11H2,1-5H3,(H,18,19,20). The normalized spacial score (nSPS) is 19.7. The highest BCUT2D eigenvalue weighted by atomic mass is 15.2. The molecular formula is C17H30N4. The number of hydrogen-bond acceptors (Lipinski definition) is 4. The van der Waals surface area contributed by atoms with Crippen LogP contribution in [-0.2, 0) is 5.41 Å². The van der Waals surface area contributed by atoms with Gasteiger partial charge in [-0.2, -0.15) is 0 Å². The van der Waals surface area contributed by atoms with Gasteiger partial charge >= 0.3 is 0 Å². The second-order valence-corrected chi connectivity index (χ2v) is 7.15. The third kappa shape index (κ3) is 4.08. The summed E-state index contributed by atoms with van der Waals surface area (Å²) in [5.41, 5.74) is -0.0301. The molecule has 4 heteroatoms. The second-order valence-electron chi connectivity index (χ2n) is 7.15. The first-order valence-corrected chi connectivity index (χ1v) is 8.32. The molecule has 0 bridgehead atoms. The summed E-state index contributed by atoms with van der Waals surface area (Å²) in [4.78, 5) is 12.0. The lowest BCUT2D eigenvalue weighted by Gasteiger charge is -2.35. The minimum Gasteiger partial charge on any atom is -0.370 e. The van der Waals surface area contributed by atoms with Crippen LogP contribution in [0, 0.1) is 0 Å². The van der Waals surface area contributed by atoms with Crippen molar-refractivity contribution >= 4 is 11.6 Å². The van der Waals surface area contributed by atoms with Crippen LogP contribution in [0.4, 0.5) is 11.6 Å². The van der Waals surface area contributed by atoms with Gasteiger partial charge in [-0.25, -0.2) is 9.97 Å². The monoisotopic (exact) mass is 290 g/mol. The van der Waals surface area contributed by atoms with Gasteiger partial charge in [-0.05, 0) is 32.6 Å². The highest BCUT2D eigenvalue weighted by Crippen LogP contribution is 2.28. The van der Waals surface area contributed by atoms with Gasteiger partial charge in [0.2, 0.25) is 0 Å². The summed E-state index contributed by atoms with van der Waals surface area (Å²) >= 11 is 0. The zero-order valence-corrected chi connectivity index (χ0v) is 14.2. The Morgan fingerprint density at radius 3 is 2.67 bits per heavy atom. The number of piperidine rings is 1. The summed E-state index contributed by atoms with van der Waals surface area (Å²) < 4.78 is 0. The van der Waals surface area contributed by atoms with Gasteiger partial charge in [0.25, 0.3) is 0 Å². The molecule has 1 aromatic heterocycles. The number of hydrogen-bond donors (Lipinski definition) is 1. The van der Waals surface area contributed by atoms with E-state index in [2.05, 4.69) is 50.9 Å². The average molecular weight is 290 g/mol. The Morgan fingerprint density at radius 1 is 1.29 bits per heavy atom. The molecule has 1 saturated heterocycles. The van der Waals surface area contributed by atoms with E-state index in [1.54, 1.807) is 0 Å². The van der Waals surface area contributed by atoms with E-state index in [4.69, 9.17) is 9.97 Å². The largest absolute Gasteiger partial charge is 0.370 e. The van der Waals surface area contributed by atoms with Crippen LogP contribution in [0.1, 0.15) is 66.1 Å². The second kappa shape index (κ2) is 6.63. The van der Waals surface area contributed by atoms with E-state index < -0.39 is 0 Å². The fourth-order valence-electron chi connectivity index (χ4n) is 2.70. The van der Waals surface area contributed by atoms with Crippen molar-refractivity contribution < 1.29 is 0 Å². The van der Waals surface area contributed by atoms with Gasteiger partial charge in [0.05, 0.1) is 0 Å². The molecule has 1 unspecified atom stereocenters. The number of aromatic nitrogens is 2. The van der Waals surface area contributed by atoms with Crippen LogP contribution in [0.3, 0.4) is 0 Å². The Bertz CT molecular complexity index is 464. The molecule has 0 aromatic carbocycles. The summed E-state index contributed by atoms with van der Waals surface area (Å²) in [6.45, 7) is 13.1. The third-order valence-electron chi connectivity index (χ3n) is 4.04. The predicted molar refractivity (Wildman–Crippen MR) is 90.2 cm³/mol. The zero-order valence-electron chi connectivity index (χ0n) is 14.2. The lowest BCUT2D eigenvalue weighted by molar-refractivity contribution is 0.476. The maximum atomic E-state index is 4.86. The third-order valence-corrected chi connectivity index (χ3v) is 4.04. The van der Waals surface area contributed by atoms with E-state index in [-0.39, 0.29) is 5.41 Å². The molecule has 0 saturated carbocycles. The van der Waals surface area contributed by atoms with Crippen LogP contribution in [-0.4, -0.2) is 29.1 Å². The Balaban J connectivity index is 2.34. The van der Waals surface area contributed by atoms with Gasteiger partial charge in [0, 0.05) is 30.6 Å². The van der Waals surface area contributed by atoms with Crippen LogP contribution >= 0.6 is 0 Å². The van der Waals surface area contributed by atoms with Crippen LogP contribution in [0.5, 0.6) is 0 Å². The summed E-state index contributed by atoms with van der Waals surface area (Å²) in [7, 11) is 0. The molecule has 4 nitrogen and oxygen atoms in total. The zero-order chi connectivity index (χ0) is 15.5. The summed E-state index contributed by atoms with van der Waals surface area (Å²) in [5.74, 6) is 2.97. The SMILES string of the molecule is CCCNc1cc(N2CCCCC2C)nc(C(C)(C)C)n1. The molecular weight excluding hydrogens is 260 g/mol.